The second-order valence-electron chi connectivity index (χ2n) is 6.95. The summed E-state index contributed by atoms with van der Waals surface area (Å²) in [6.45, 7) is 0. The number of aromatic carboxylic acids is 1. The van der Waals surface area contributed by atoms with Crippen LogP contribution in [0.2, 0.25) is 0 Å². The number of carbonyl (C=O) groups excluding carboxylic acids is 2. The molecule has 1 aliphatic carbocycles. The highest BCUT2D eigenvalue weighted by Crippen LogP contribution is 2.46. The summed E-state index contributed by atoms with van der Waals surface area (Å²) < 4.78 is 0. The number of nitrogens with one attached hydrogen (secondary N) is 1. The molecule has 0 saturated heterocycles. The first-order valence-corrected chi connectivity index (χ1v) is 11.2. The topological polar surface area (TPSA) is 108 Å². The molecule has 1 atom stereocenters. The maximum absolute atomic E-state index is 12.6. The predicted octanol–water partition coefficient (Wildman–Crippen LogP) is 3.93. The molecule has 0 spiro atoms. The highest BCUT2D eigenvalue weighted by molar-refractivity contribution is 8.18. The molecule has 150 valence electrons. The summed E-state index contributed by atoms with van der Waals surface area (Å²) in [6, 6.07) is 5.92. The van der Waals surface area contributed by atoms with Crippen molar-refractivity contribution in [1.82, 2.24) is 0 Å². The molecule has 1 aromatic rings. The van der Waals surface area contributed by atoms with Gasteiger partial charge in [0.2, 0.25) is 5.91 Å². The maximum atomic E-state index is 12.6. The van der Waals surface area contributed by atoms with Crippen molar-refractivity contribution >= 4 is 57.2 Å². The Hall–Kier alpha value is -2.39. The lowest BCUT2D eigenvalue weighted by atomic mass is 9.95. The van der Waals surface area contributed by atoms with Gasteiger partial charge in [0.15, 0.2) is 5.17 Å². The zero-order valence-corrected chi connectivity index (χ0v) is 17.1. The van der Waals surface area contributed by atoms with Crippen LogP contribution < -0.4 is 5.32 Å². The summed E-state index contributed by atoms with van der Waals surface area (Å²) in [6.07, 6.45) is 5.40. The number of hydrogen-bond donors (Lipinski definition) is 2. The van der Waals surface area contributed by atoms with Crippen molar-refractivity contribution in [2.75, 3.05) is 11.1 Å². The fourth-order valence-electron chi connectivity index (χ4n) is 3.54. The van der Waals surface area contributed by atoms with Gasteiger partial charge < -0.3 is 10.4 Å². The Bertz CT molecular complexity index is 966. The van der Waals surface area contributed by atoms with Gasteiger partial charge in [0.1, 0.15) is 5.92 Å². The first-order chi connectivity index (χ1) is 14.0. The third-order valence-corrected chi connectivity index (χ3v) is 7.03. The number of fused-ring (bicyclic) bond motifs is 2. The van der Waals surface area contributed by atoms with Crippen LogP contribution in [0.1, 0.15) is 42.5 Å². The summed E-state index contributed by atoms with van der Waals surface area (Å²) >= 11 is 2.73. The molecule has 4 rings (SSSR count). The standard InChI is InChI=1S/C20H19N3O4S2/c24-15(21-12-8-6-11(7-9-12)19(26)27)10-28-20-22-17(25)16-13-4-2-1-3-5-14(13)29-18(16)23-20/h6-9,16H,1-5,10H2,(H,21,24)(H,26,27). The molecule has 1 aromatic carbocycles. The van der Waals surface area contributed by atoms with E-state index in [2.05, 4.69) is 15.3 Å². The average molecular weight is 430 g/mol. The molecule has 1 unspecified atom stereocenters. The lowest BCUT2D eigenvalue weighted by Crippen LogP contribution is -2.25. The van der Waals surface area contributed by atoms with E-state index < -0.39 is 5.97 Å². The number of carbonyl (C=O) groups is 3. The van der Waals surface area contributed by atoms with Crippen LogP contribution in [0.15, 0.2) is 44.7 Å². The zero-order chi connectivity index (χ0) is 20.4. The molecule has 3 aliphatic rings. The lowest BCUT2D eigenvalue weighted by Gasteiger charge is -2.16. The number of benzene rings is 1. The second-order valence-corrected chi connectivity index (χ2v) is 9.00. The minimum Gasteiger partial charge on any atom is -0.478 e. The first-order valence-electron chi connectivity index (χ1n) is 9.38. The molecule has 2 amide bonds. The average Bonchev–Trinajstić information content (AvgIpc) is 2.89. The Labute approximate surface area is 176 Å². The van der Waals surface area contributed by atoms with Gasteiger partial charge in [0.25, 0.3) is 5.91 Å². The molecule has 2 heterocycles. The monoisotopic (exact) mass is 429 g/mol. The summed E-state index contributed by atoms with van der Waals surface area (Å²) in [5.74, 6) is -1.72. The van der Waals surface area contributed by atoms with Crippen LogP contribution in [0.3, 0.4) is 0 Å². The van der Waals surface area contributed by atoms with Crippen molar-refractivity contribution in [2.24, 2.45) is 15.9 Å². The largest absolute Gasteiger partial charge is 0.478 e. The number of anilines is 1. The molecule has 0 radical (unpaired) electrons. The van der Waals surface area contributed by atoms with Gasteiger partial charge in [-0.05, 0) is 60.4 Å². The number of aliphatic imine (C=N–C) groups is 2. The van der Waals surface area contributed by atoms with E-state index in [0.717, 1.165) is 42.5 Å². The fraction of sp³-hybridized carbons (Fsp3) is 0.350. The predicted molar refractivity (Wildman–Crippen MR) is 116 cm³/mol. The van der Waals surface area contributed by atoms with Gasteiger partial charge in [-0.25, -0.2) is 9.79 Å². The Kier molecular flexibility index (Phi) is 5.86. The van der Waals surface area contributed by atoms with Crippen molar-refractivity contribution in [3.63, 3.8) is 0 Å². The van der Waals surface area contributed by atoms with Crippen LogP contribution in [-0.4, -0.2) is 38.9 Å². The number of amidine groups is 1. The fourth-order valence-corrected chi connectivity index (χ4v) is 5.59. The van der Waals surface area contributed by atoms with Gasteiger partial charge in [0, 0.05) is 5.69 Å². The number of thioether (sulfide) groups is 2. The molecular formula is C20H19N3O4S2. The number of carboxylic acids is 1. The van der Waals surface area contributed by atoms with Crippen molar-refractivity contribution in [3.8, 4) is 0 Å². The number of allylic oxidation sites excluding steroid dienone is 1. The van der Waals surface area contributed by atoms with Crippen LogP contribution in [0.5, 0.6) is 0 Å². The van der Waals surface area contributed by atoms with Crippen LogP contribution in [0.4, 0.5) is 5.69 Å². The van der Waals surface area contributed by atoms with E-state index in [-0.39, 0.29) is 29.0 Å². The van der Waals surface area contributed by atoms with E-state index in [9.17, 15) is 14.4 Å². The van der Waals surface area contributed by atoms with E-state index in [1.807, 2.05) is 0 Å². The molecule has 9 heteroatoms. The van der Waals surface area contributed by atoms with Crippen LogP contribution in [0, 0.1) is 5.92 Å². The van der Waals surface area contributed by atoms with E-state index in [0.29, 0.717) is 10.9 Å². The lowest BCUT2D eigenvalue weighted by molar-refractivity contribution is -0.119. The summed E-state index contributed by atoms with van der Waals surface area (Å²) in [5, 5.41) is 12.7. The summed E-state index contributed by atoms with van der Waals surface area (Å²) in [4.78, 5) is 45.6. The Morgan fingerprint density at radius 1 is 1.14 bits per heavy atom. The summed E-state index contributed by atoms with van der Waals surface area (Å²) in [7, 11) is 0. The Morgan fingerprint density at radius 2 is 1.90 bits per heavy atom. The number of carboxylic acid groups (broad SMARTS) is 1. The molecule has 0 bridgehead atoms. The van der Waals surface area contributed by atoms with E-state index in [1.165, 1.54) is 41.2 Å². The number of hydrogen-bond acceptors (Lipinski definition) is 6. The highest BCUT2D eigenvalue weighted by atomic mass is 32.2. The van der Waals surface area contributed by atoms with Gasteiger partial charge in [-0.1, -0.05) is 29.9 Å². The van der Waals surface area contributed by atoms with Crippen molar-refractivity contribution in [3.05, 3.63) is 40.3 Å². The second kappa shape index (κ2) is 8.54. The van der Waals surface area contributed by atoms with Crippen LogP contribution in [0.25, 0.3) is 0 Å². The maximum Gasteiger partial charge on any atom is 0.335 e. The third kappa shape index (κ3) is 4.45. The number of amides is 2. The smallest absolute Gasteiger partial charge is 0.335 e. The molecule has 2 N–H and O–H groups in total. The Morgan fingerprint density at radius 3 is 2.66 bits per heavy atom. The quantitative estimate of drug-likeness (QED) is 0.751. The molecular weight excluding hydrogens is 410 g/mol. The molecule has 0 saturated carbocycles. The van der Waals surface area contributed by atoms with Gasteiger partial charge in [-0.2, -0.15) is 4.99 Å². The highest BCUT2D eigenvalue weighted by Gasteiger charge is 2.40. The molecule has 0 fully saturated rings. The van der Waals surface area contributed by atoms with Crippen molar-refractivity contribution in [1.29, 1.82) is 0 Å². The third-order valence-electron chi connectivity index (χ3n) is 4.94. The van der Waals surface area contributed by atoms with Crippen LogP contribution >= 0.6 is 23.5 Å². The number of nitrogens with zero attached hydrogens (tertiary/aromatic N) is 2. The van der Waals surface area contributed by atoms with Gasteiger partial charge >= 0.3 is 5.97 Å². The van der Waals surface area contributed by atoms with Gasteiger partial charge in [0.05, 0.1) is 16.4 Å². The minimum absolute atomic E-state index is 0.0616. The van der Waals surface area contributed by atoms with Crippen molar-refractivity contribution < 1.29 is 19.5 Å². The molecule has 7 nitrogen and oxygen atoms in total. The SMILES string of the molecule is O=C(CSC1=NC(=O)C2C(=N1)SC1=C2CCCCC1)Nc1ccc(C(=O)O)cc1. The normalized spacial score (nSPS) is 21.0. The van der Waals surface area contributed by atoms with Crippen LogP contribution in [-0.2, 0) is 9.59 Å². The van der Waals surface area contributed by atoms with E-state index in [4.69, 9.17) is 5.11 Å². The zero-order valence-electron chi connectivity index (χ0n) is 15.5. The van der Waals surface area contributed by atoms with Gasteiger partial charge in [-0.15, -0.1) is 0 Å². The van der Waals surface area contributed by atoms with E-state index >= 15 is 0 Å². The van der Waals surface area contributed by atoms with Gasteiger partial charge in [-0.3, -0.25) is 9.59 Å². The Balaban J connectivity index is 1.35. The molecule has 0 aromatic heterocycles. The molecule has 29 heavy (non-hydrogen) atoms. The summed E-state index contributed by atoms with van der Waals surface area (Å²) in [5.41, 5.74) is 1.86. The number of rotatable bonds is 4. The van der Waals surface area contributed by atoms with Crippen molar-refractivity contribution in [2.45, 2.75) is 32.1 Å². The minimum atomic E-state index is -1.02. The first kappa shape index (κ1) is 19.9. The van der Waals surface area contributed by atoms with E-state index in [1.54, 1.807) is 11.8 Å². The molecule has 2 aliphatic heterocycles.